The van der Waals surface area contributed by atoms with E-state index in [4.69, 9.17) is 9.84 Å². The fourth-order valence-corrected chi connectivity index (χ4v) is 3.77. The molecular formula is C25H42O3. The third-order valence-corrected chi connectivity index (χ3v) is 5.56. The minimum Gasteiger partial charge on any atom is -0.460 e. The van der Waals surface area contributed by atoms with Crippen LogP contribution < -0.4 is 0 Å². The molecule has 1 saturated heterocycles. The van der Waals surface area contributed by atoms with Crippen molar-refractivity contribution in [3.8, 4) is 11.8 Å². The summed E-state index contributed by atoms with van der Waals surface area (Å²) >= 11 is 0. The van der Waals surface area contributed by atoms with E-state index in [0.29, 0.717) is 6.42 Å². The van der Waals surface area contributed by atoms with Gasteiger partial charge >= 0.3 is 5.97 Å². The zero-order valence-corrected chi connectivity index (χ0v) is 17.9. The lowest BCUT2D eigenvalue weighted by atomic mass is 9.97. The SMILES string of the molecule is C=CCCCCCCC#CCCCCCCCCCC[C@H]1C[C@H](CO)OC1=O. The van der Waals surface area contributed by atoms with Crippen molar-refractivity contribution in [3.05, 3.63) is 12.7 Å². The number of cyclic esters (lactones) is 1. The molecule has 0 aromatic rings. The highest BCUT2D eigenvalue weighted by Gasteiger charge is 2.33. The van der Waals surface area contributed by atoms with Gasteiger partial charge in [0, 0.05) is 12.8 Å². The Hall–Kier alpha value is -1.27. The van der Waals surface area contributed by atoms with Gasteiger partial charge in [-0.15, -0.1) is 18.4 Å². The van der Waals surface area contributed by atoms with E-state index in [-0.39, 0.29) is 24.6 Å². The summed E-state index contributed by atoms with van der Waals surface area (Å²) in [6.45, 7) is 3.71. The number of carbonyl (C=O) groups is 1. The molecule has 0 spiro atoms. The summed E-state index contributed by atoms with van der Waals surface area (Å²) in [6.07, 6.45) is 21.8. The predicted octanol–water partition coefficient (Wildman–Crippen LogP) is 6.34. The Labute approximate surface area is 173 Å². The second-order valence-electron chi connectivity index (χ2n) is 8.14. The van der Waals surface area contributed by atoms with E-state index in [9.17, 15) is 4.79 Å². The maximum Gasteiger partial charge on any atom is 0.309 e. The molecule has 0 bridgehead atoms. The maximum absolute atomic E-state index is 11.6. The van der Waals surface area contributed by atoms with Crippen molar-refractivity contribution in [2.75, 3.05) is 6.61 Å². The van der Waals surface area contributed by atoms with Crippen LogP contribution in [0.5, 0.6) is 0 Å². The number of ether oxygens (including phenoxy) is 1. The number of carbonyl (C=O) groups excluding carboxylic acids is 1. The van der Waals surface area contributed by atoms with E-state index in [1.54, 1.807) is 0 Å². The number of rotatable bonds is 17. The summed E-state index contributed by atoms with van der Waals surface area (Å²) in [7, 11) is 0. The molecule has 1 heterocycles. The zero-order chi connectivity index (χ0) is 20.3. The Kier molecular flexibility index (Phi) is 15.7. The van der Waals surface area contributed by atoms with Crippen molar-refractivity contribution >= 4 is 5.97 Å². The molecule has 0 aliphatic carbocycles. The van der Waals surface area contributed by atoms with Crippen molar-refractivity contribution < 1.29 is 14.6 Å². The summed E-state index contributed by atoms with van der Waals surface area (Å²) in [4.78, 5) is 11.6. The van der Waals surface area contributed by atoms with Gasteiger partial charge in [-0.3, -0.25) is 4.79 Å². The van der Waals surface area contributed by atoms with Crippen LogP contribution in [0.3, 0.4) is 0 Å². The molecule has 1 N–H and O–H groups in total. The molecule has 1 aliphatic heterocycles. The molecule has 1 rings (SSSR count). The van der Waals surface area contributed by atoms with Crippen LogP contribution in [0, 0.1) is 17.8 Å². The molecule has 0 radical (unpaired) electrons. The van der Waals surface area contributed by atoms with Crippen LogP contribution in [-0.4, -0.2) is 23.8 Å². The standard InChI is InChI=1S/C25H42O3/c1-2-3-4-5-6-7-8-9-10-11-12-13-14-15-16-17-18-19-20-23-21-24(22-26)28-25(23)27/h2,23-24,26H,1,3-8,11-22H2/t23-,24+/m0/s1. The van der Waals surface area contributed by atoms with Crippen LogP contribution in [0.2, 0.25) is 0 Å². The van der Waals surface area contributed by atoms with E-state index in [1.165, 1.54) is 70.6 Å². The Morgan fingerprint density at radius 2 is 1.43 bits per heavy atom. The normalized spacial score (nSPS) is 18.5. The Morgan fingerprint density at radius 1 is 0.893 bits per heavy atom. The maximum atomic E-state index is 11.6. The van der Waals surface area contributed by atoms with Crippen molar-refractivity contribution in [1.29, 1.82) is 0 Å². The highest BCUT2D eigenvalue weighted by molar-refractivity contribution is 5.74. The first kappa shape index (κ1) is 24.8. The van der Waals surface area contributed by atoms with Crippen LogP contribution in [0.25, 0.3) is 0 Å². The topological polar surface area (TPSA) is 46.5 Å². The average Bonchev–Trinajstić information content (AvgIpc) is 3.07. The van der Waals surface area contributed by atoms with Crippen LogP contribution in [0.1, 0.15) is 109 Å². The molecule has 0 amide bonds. The number of aliphatic hydroxyl groups is 1. The second kappa shape index (κ2) is 17.8. The molecule has 0 saturated carbocycles. The van der Waals surface area contributed by atoms with E-state index >= 15 is 0 Å². The summed E-state index contributed by atoms with van der Waals surface area (Å²) in [6, 6.07) is 0. The Balaban J connectivity index is 1.78. The molecule has 2 atom stereocenters. The third-order valence-electron chi connectivity index (χ3n) is 5.56. The molecule has 28 heavy (non-hydrogen) atoms. The summed E-state index contributed by atoms with van der Waals surface area (Å²) in [5.74, 6) is 6.56. The van der Waals surface area contributed by atoms with Crippen molar-refractivity contribution in [2.24, 2.45) is 5.92 Å². The molecule has 0 unspecified atom stereocenters. The van der Waals surface area contributed by atoms with Gasteiger partial charge in [-0.05, 0) is 38.5 Å². The van der Waals surface area contributed by atoms with Gasteiger partial charge in [0.25, 0.3) is 0 Å². The van der Waals surface area contributed by atoms with E-state index in [2.05, 4.69) is 18.4 Å². The van der Waals surface area contributed by atoms with E-state index in [1.807, 2.05) is 6.08 Å². The molecule has 0 aromatic heterocycles. The van der Waals surface area contributed by atoms with Gasteiger partial charge in [0.1, 0.15) is 6.10 Å². The quantitative estimate of drug-likeness (QED) is 0.136. The van der Waals surface area contributed by atoms with Gasteiger partial charge in [-0.2, -0.15) is 0 Å². The van der Waals surface area contributed by atoms with Crippen molar-refractivity contribution in [3.63, 3.8) is 0 Å². The fourth-order valence-electron chi connectivity index (χ4n) is 3.77. The largest absolute Gasteiger partial charge is 0.460 e. The molecule has 1 aliphatic rings. The number of aliphatic hydroxyl groups excluding tert-OH is 1. The summed E-state index contributed by atoms with van der Waals surface area (Å²) in [5.41, 5.74) is 0. The number of allylic oxidation sites excluding steroid dienone is 1. The van der Waals surface area contributed by atoms with Gasteiger partial charge < -0.3 is 9.84 Å². The predicted molar refractivity (Wildman–Crippen MR) is 117 cm³/mol. The summed E-state index contributed by atoms with van der Waals surface area (Å²) in [5, 5.41) is 9.04. The lowest BCUT2D eigenvalue weighted by Gasteiger charge is -2.05. The molecular weight excluding hydrogens is 348 g/mol. The van der Waals surface area contributed by atoms with E-state index in [0.717, 1.165) is 32.1 Å². The highest BCUT2D eigenvalue weighted by atomic mass is 16.6. The lowest BCUT2D eigenvalue weighted by Crippen LogP contribution is -2.10. The molecule has 0 aromatic carbocycles. The average molecular weight is 391 g/mol. The number of esters is 1. The minimum atomic E-state index is -0.255. The van der Waals surface area contributed by atoms with Crippen LogP contribution in [0.15, 0.2) is 12.7 Å². The first-order chi connectivity index (χ1) is 13.8. The third kappa shape index (κ3) is 13.0. The molecule has 3 heteroatoms. The van der Waals surface area contributed by atoms with Gasteiger partial charge in [-0.1, -0.05) is 63.9 Å². The first-order valence-corrected chi connectivity index (χ1v) is 11.7. The second-order valence-corrected chi connectivity index (χ2v) is 8.14. The Bertz CT molecular complexity index is 460. The lowest BCUT2D eigenvalue weighted by molar-refractivity contribution is -0.145. The molecule has 1 fully saturated rings. The monoisotopic (exact) mass is 390 g/mol. The van der Waals surface area contributed by atoms with Crippen LogP contribution in [-0.2, 0) is 9.53 Å². The van der Waals surface area contributed by atoms with Crippen LogP contribution >= 0.6 is 0 Å². The van der Waals surface area contributed by atoms with Gasteiger partial charge in [0.2, 0.25) is 0 Å². The fraction of sp³-hybridized carbons (Fsp3) is 0.800. The summed E-state index contributed by atoms with van der Waals surface area (Å²) < 4.78 is 5.11. The number of hydrogen-bond acceptors (Lipinski definition) is 3. The first-order valence-electron chi connectivity index (χ1n) is 11.7. The number of unbranched alkanes of at least 4 members (excludes halogenated alkanes) is 13. The van der Waals surface area contributed by atoms with Gasteiger partial charge in [-0.25, -0.2) is 0 Å². The zero-order valence-electron chi connectivity index (χ0n) is 17.9. The van der Waals surface area contributed by atoms with Crippen molar-refractivity contribution in [2.45, 2.75) is 115 Å². The molecule has 160 valence electrons. The Morgan fingerprint density at radius 3 is 1.96 bits per heavy atom. The van der Waals surface area contributed by atoms with Gasteiger partial charge in [0.05, 0.1) is 12.5 Å². The highest BCUT2D eigenvalue weighted by Crippen LogP contribution is 2.26. The van der Waals surface area contributed by atoms with Crippen LogP contribution in [0.4, 0.5) is 0 Å². The van der Waals surface area contributed by atoms with Crippen molar-refractivity contribution in [1.82, 2.24) is 0 Å². The molecule has 3 nitrogen and oxygen atoms in total. The van der Waals surface area contributed by atoms with Gasteiger partial charge in [0.15, 0.2) is 0 Å². The number of hydrogen-bond donors (Lipinski definition) is 1. The van der Waals surface area contributed by atoms with E-state index < -0.39 is 0 Å². The minimum absolute atomic E-state index is 0.0236. The smallest absolute Gasteiger partial charge is 0.309 e.